The highest BCUT2D eigenvalue weighted by molar-refractivity contribution is 5.06. The summed E-state index contributed by atoms with van der Waals surface area (Å²) in [6.07, 6.45) is 5.71. The molecule has 1 aromatic rings. The third-order valence-corrected chi connectivity index (χ3v) is 2.99. The first-order chi connectivity index (χ1) is 6.90. The van der Waals surface area contributed by atoms with Gasteiger partial charge in [-0.25, -0.2) is 0 Å². The van der Waals surface area contributed by atoms with Gasteiger partial charge in [0.2, 0.25) is 0 Å². The van der Waals surface area contributed by atoms with E-state index in [0.29, 0.717) is 12.5 Å². The summed E-state index contributed by atoms with van der Waals surface area (Å²) in [5.74, 6) is 1.32. The first-order valence-electron chi connectivity index (χ1n) is 5.37. The fourth-order valence-electron chi connectivity index (χ4n) is 1.74. The highest BCUT2D eigenvalue weighted by Gasteiger charge is 2.19. The third kappa shape index (κ3) is 2.16. The molecule has 1 saturated carbocycles. The Balaban J connectivity index is 1.80. The van der Waals surface area contributed by atoms with Crippen molar-refractivity contribution in [1.82, 2.24) is 5.32 Å². The smallest absolute Gasteiger partial charge is 0.109 e. The van der Waals surface area contributed by atoms with Crippen LogP contribution in [0.2, 0.25) is 0 Å². The molecule has 1 atom stereocenters. The van der Waals surface area contributed by atoms with Gasteiger partial charge in [-0.3, -0.25) is 0 Å². The monoisotopic (exact) mass is 194 g/mol. The Morgan fingerprint density at radius 1 is 1.57 bits per heavy atom. The fraction of sp³-hybridized carbons (Fsp3) is 0.636. The lowest BCUT2D eigenvalue weighted by atomic mass is 9.92. The van der Waals surface area contributed by atoms with Crippen molar-refractivity contribution >= 4 is 0 Å². The molecular weight excluding hydrogens is 176 g/mol. The molecule has 0 aromatic carbocycles. The van der Waals surface area contributed by atoms with Crippen LogP contribution in [-0.2, 0) is 0 Å². The van der Waals surface area contributed by atoms with E-state index in [1.54, 1.807) is 6.26 Å². The first-order valence-corrected chi connectivity index (χ1v) is 5.37. The van der Waals surface area contributed by atoms with Crippen molar-refractivity contribution in [1.29, 1.82) is 0 Å². The highest BCUT2D eigenvalue weighted by Crippen LogP contribution is 2.20. The SMILES string of the molecule is NCC(CNC1CCC1)c1ccco1. The van der Waals surface area contributed by atoms with Crippen LogP contribution in [0.25, 0.3) is 0 Å². The second-order valence-corrected chi connectivity index (χ2v) is 3.98. The quantitative estimate of drug-likeness (QED) is 0.746. The van der Waals surface area contributed by atoms with Crippen LogP contribution in [0.5, 0.6) is 0 Å². The van der Waals surface area contributed by atoms with Crippen LogP contribution in [0.1, 0.15) is 30.9 Å². The number of nitrogens with two attached hydrogens (primary N) is 1. The van der Waals surface area contributed by atoms with Gasteiger partial charge in [0.05, 0.1) is 6.26 Å². The number of nitrogens with one attached hydrogen (secondary N) is 1. The highest BCUT2D eigenvalue weighted by atomic mass is 16.3. The molecule has 0 bridgehead atoms. The second kappa shape index (κ2) is 4.62. The molecule has 0 aliphatic heterocycles. The standard InChI is InChI=1S/C11H18N2O/c12-7-9(11-5-2-6-14-11)8-13-10-3-1-4-10/h2,5-6,9-10,13H,1,3-4,7-8,12H2. The number of hydrogen-bond acceptors (Lipinski definition) is 3. The molecule has 2 rings (SSSR count). The van der Waals surface area contributed by atoms with Crippen LogP contribution >= 0.6 is 0 Å². The molecule has 1 unspecified atom stereocenters. The molecule has 0 radical (unpaired) electrons. The topological polar surface area (TPSA) is 51.2 Å². The van der Waals surface area contributed by atoms with Crippen LogP contribution in [0.15, 0.2) is 22.8 Å². The minimum absolute atomic E-state index is 0.325. The van der Waals surface area contributed by atoms with Gasteiger partial charge < -0.3 is 15.5 Å². The van der Waals surface area contributed by atoms with E-state index in [0.717, 1.165) is 18.3 Å². The van der Waals surface area contributed by atoms with Crippen molar-refractivity contribution in [2.24, 2.45) is 5.73 Å². The van der Waals surface area contributed by atoms with Gasteiger partial charge in [-0.1, -0.05) is 6.42 Å². The zero-order valence-corrected chi connectivity index (χ0v) is 8.41. The van der Waals surface area contributed by atoms with Gasteiger partial charge in [-0.15, -0.1) is 0 Å². The zero-order valence-electron chi connectivity index (χ0n) is 8.41. The summed E-state index contributed by atoms with van der Waals surface area (Å²) in [6.45, 7) is 1.59. The van der Waals surface area contributed by atoms with E-state index < -0.39 is 0 Å². The van der Waals surface area contributed by atoms with Crippen LogP contribution in [0.4, 0.5) is 0 Å². The van der Waals surface area contributed by atoms with Gasteiger partial charge in [-0.2, -0.15) is 0 Å². The van der Waals surface area contributed by atoms with E-state index in [2.05, 4.69) is 5.32 Å². The van der Waals surface area contributed by atoms with Crippen molar-refractivity contribution in [2.75, 3.05) is 13.1 Å². The Labute approximate surface area is 84.7 Å². The van der Waals surface area contributed by atoms with Crippen molar-refractivity contribution in [3.63, 3.8) is 0 Å². The van der Waals surface area contributed by atoms with Crippen molar-refractivity contribution < 1.29 is 4.42 Å². The van der Waals surface area contributed by atoms with Crippen molar-refractivity contribution in [3.8, 4) is 0 Å². The molecule has 1 heterocycles. The number of hydrogen-bond donors (Lipinski definition) is 2. The van der Waals surface area contributed by atoms with E-state index >= 15 is 0 Å². The van der Waals surface area contributed by atoms with Crippen LogP contribution in [0.3, 0.4) is 0 Å². The Bertz CT molecular complexity index is 254. The summed E-state index contributed by atoms with van der Waals surface area (Å²) in [5, 5.41) is 3.52. The predicted octanol–water partition coefficient (Wildman–Crippen LogP) is 1.46. The Morgan fingerprint density at radius 3 is 2.93 bits per heavy atom. The van der Waals surface area contributed by atoms with E-state index in [1.165, 1.54) is 19.3 Å². The van der Waals surface area contributed by atoms with Gasteiger partial charge in [0.25, 0.3) is 0 Å². The molecule has 3 nitrogen and oxygen atoms in total. The lowest BCUT2D eigenvalue weighted by molar-refractivity contribution is 0.324. The summed E-state index contributed by atoms with van der Waals surface area (Å²) in [7, 11) is 0. The molecule has 1 aliphatic rings. The molecule has 1 aromatic heterocycles. The Kier molecular flexibility index (Phi) is 3.22. The number of furan rings is 1. The maximum atomic E-state index is 5.71. The molecular formula is C11H18N2O. The van der Waals surface area contributed by atoms with Gasteiger partial charge in [-0.05, 0) is 25.0 Å². The van der Waals surface area contributed by atoms with Crippen LogP contribution < -0.4 is 11.1 Å². The Morgan fingerprint density at radius 2 is 2.43 bits per heavy atom. The van der Waals surface area contributed by atoms with E-state index in [1.807, 2.05) is 12.1 Å². The summed E-state index contributed by atoms with van der Waals surface area (Å²) in [5.41, 5.74) is 5.71. The van der Waals surface area contributed by atoms with Gasteiger partial charge in [0, 0.05) is 25.0 Å². The van der Waals surface area contributed by atoms with Crippen LogP contribution in [0, 0.1) is 0 Å². The van der Waals surface area contributed by atoms with Crippen molar-refractivity contribution in [3.05, 3.63) is 24.2 Å². The minimum atomic E-state index is 0.325. The van der Waals surface area contributed by atoms with E-state index in [9.17, 15) is 0 Å². The zero-order chi connectivity index (χ0) is 9.80. The molecule has 3 heteroatoms. The molecule has 3 N–H and O–H groups in total. The van der Waals surface area contributed by atoms with Crippen molar-refractivity contribution in [2.45, 2.75) is 31.2 Å². The lowest BCUT2D eigenvalue weighted by Gasteiger charge is -2.28. The molecule has 1 fully saturated rings. The molecule has 1 aliphatic carbocycles. The molecule has 78 valence electrons. The molecule has 14 heavy (non-hydrogen) atoms. The lowest BCUT2D eigenvalue weighted by Crippen LogP contribution is -2.38. The second-order valence-electron chi connectivity index (χ2n) is 3.98. The maximum absolute atomic E-state index is 5.71. The average molecular weight is 194 g/mol. The molecule has 0 amide bonds. The largest absolute Gasteiger partial charge is 0.469 e. The Hall–Kier alpha value is -0.800. The summed E-state index contributed by atoms with van der Waals surface area (Å²) < 4.78 is 5.35. The van der Waals surface area contributed by atoms with E-state index in [-0.39, 0.29) is 0 Å². The van der Waals surface area contributed by atoms with Gasteiger partial charge >= 0.3 is 0 Å². The van der Waals surface area contributed by atoms with Gasteiger partial charge in [0.1, 0.15) is 5.76 Å². The summed E-state index contributed by atoms with van der Waals surface area (Å²) >= 11 is 0. The van der Waals surface area contributed by atoms with Gasteiger partial charge in [0.15, 0.2) is 0 Å². The predicted molar refractivity (Wildman–Crippen MR) is 56.1 cm³/mol. The molecule has 0 saturated heterocycles. The summed E-state index contributed by atoms with van der Waals surface area (Å²) in [6, 6.07) is 4.64. The maximum Gasteiger partial charge on any atom is 0.109 e. The number of rotatable bonds is 5. The normalized spacial score (nSPS) is 19.2. The fourth-order valence-corrected chi connectivity index (χ4v) is 1.74. The minimum Gasteiger partial charge on any atom is -0.469 e. The average Bonchev–Trinajstić information content (AvgIpc) is 2.62. The summed E-state index contributed by atoms with van der Waals surface area (Å²) in [4.78, 5) is 0. The molecule has 0 spiro atoms. The third-order valence-electron chi connectivity index (χ3n) is 2.99. The van der Waals surface area contributed by atoms with E-state index in [4.69, 9.17) is 10.2 Å². The first kappa shape index (κ1) is 9.74. The van der Waals surface area contributed by atoms with Crippen LogP contribution in [-0.4, -0.2) is 19.1 Å².